The molecule has 3 heterocycles. The molecule has 0 amide bonds. The van der Waals surface area contributed by atoms with Gasteiger partial charge in [0.1, 0.15) is 17.4 Å². The van der Waals surface area contributed by atoms with Crippen molar-refractivity contribution in [3.63, 3.8) is 0 Å². The van der Waals surface area contributed by atoms with E-state index in [-0.39, 0.29) is 11.9 Å². The fourth-order valence-corrected chi connectivity index (χ4v) is 4.21. The highest BCUT2D eigenvalue weighted by atomic mass is 19.1. The number of benzene rings is 2. The molecule has 7 heteroatoms. The number of aromatic nitrogens is 4. The summed E-state index contributed by atoms with van der Waals surface area (Å²) in [7, 11) is 1.67. The largest absolute Gasteiger partial charge is 0.495 e. The lowest BCUT2D eigenvalue weighted by atomic mass is 10.1. The molecule has 5 rings (SSSR count). The smallest absolute Gasteiger partial charge is 0.143 e. The first kappa shape index (κ1) is 22.1. The standard InChI is InChI=1S/C27H27FN4O2/c1-19-15-32(18-29-19)25-11-5-20(14-26(25)33-2)6-12-27-30-24(21-7-9-22(28)10-8-21)17-31(27)16-23-4-3-13-34-23/h5-12,14-15,17-18,23H,3-4,13,16H2,1-2H3. The van der Waals surface area contributed by atoms with Crippen LogP contribution in [0.25, 0.3) is 29.1 Å². The molecular weight excluding hydrogens is 431 g/mol. The maximum absolute atomic E-state index is 13.4. The van der Waals surface area contributed by atoms with E-state index < -0.39 is 0 Å². The van der Waals surface area contributed by atoms with Crippen molar-refractivity contribution >= 4 is 12.2 Å². The van der Waals surface area contributed by atoms with Gasteiger partial charge in [-0.2, -0.15) is 0 Å². The van der Waals surface area contributed by atoms with Crippen molar-refractivity contribution in [2.45, 2.75) is 32.4 Å². The molecule has 2 aromatic heterocycles. The molecule has 0 N–H and O–H groups in total. The Morgan fingerprint density at radius 2 is 2.00 bits per heavy atom. The summed E-state index contributed by atoms with van der Waals surface area (Å²) in [5.74, 6) is 1.32. The topological polar surface area (TPSA) is 54.1 Å². The van der Waals surface area contributed by atoms with Gasteiger partial charge in [-0.25, -0.2) is 14.4 Å². The molecule has 1 aliphatic rings. The molecule has 174 valence electrons. The van der Waals surface area contributed by atoms with Crippen LogP contribution in [0.15, 0.2) is 61.2 Å². The van der Waals surface area contributed by atoms with Crippen LogP contribution in [0.2, 0.25) is 0 Å². The minimum absolute atomic E-state index is 0.181. The minimum Gasteiger partial charge on any atom is -0.495 e. The number of nitrogens with zero attached hydrogens (tertiary/aromatic N) is 4. The molecule has 0 spiro atoms. The molecule has 0 radical (unpaired) electrons. The van der Waals surface area contributed by atoms with Gasteiger partial charge < -0.3 is 18.6 Å². The monoisotopic (exact) mass is 458 g/mol. The number of hydrogen-bond donors (Lipinski definition) is 0. The zero-order valence-electron chi connectivity index (χ0n) is 19.3. The van der Waals surface area contributed by atoms with Crippen LogP contribution in [0, 0.1) is 12.7 Å². The van der Waals surface area contributed by atoms with Crippen LogP contribution in [0.5, 0.6) is 5.75 Å². The molecular formula is C27H27FN4O2. The SMILES string of the molecule is COc1cc(C=Cc2nc(-c3ccc(F)cc3)cn2CC2CCCO2)ccc1-n1cnc(C)c1. The number of aryl methyl sites for hydroxylation is 1. The number of hydrogen-bond acceptors (Lipinski definition) is 4. The van der Waals surface area contributed by atoms with Crippen molar-refractivity contribution in [3.05, 3.63) is 84.1 Å². The Hall–Kier alpha value is -3.71. The molecule has 6 nitrogen and oxygen atoms in total. The summed E-state index contributed by atoms with van der Waals surface area (Å²) in [4.78, 5) is 9.13. The Kier molecular flexibility index (Phi) is 6.27. The highest BCUT2D eigenvalue weighted by Crippen LogP contribution is 2.26. The van der Waals surface area contributed by atoms with Gasteiger partial charge in [0.25, 0.3) is 0 Å². The zero-order chi connectivity index (χ0) is 23.5. The summed E-state index contributed by atoms with van der Waals surface area (Å²) < 4.78 is 28.9. The van der Waals surface area contributed by atoms with Crippen molar-refractivity contribution in [2.75, 3.05) is 13.7 Å². The first-order chi connectivity index (χ1) is 16.6. The van der Waals surface area contributed by atoms with E-state index in [0.717, 1.165) is 65.8 Å². The molecule has 1 aliphatic heterocycles. The molecule has 34 heavy (non-hydrogen) atoms. The zero-order valence-corrected chi connectivity index (χ0v) is 19.3. The lowest BCUT2D eigenvalue weighted by molar-refractivity contribution is 0.0968. The van der Waals surface area contributed by atoms with Crippen LogP contribution < -0.4 is 4.74 Å². The Morgan fingerprint density at radius 3 is 2.71 bits per heavy atom. The van der Waals surface area contributed by atoms with Crippen molar-refractivity contribution in [3.8, 4) is 22.7 Å². The van der Waals surface area contributed by atoms with Gasteiger partial charge in [-0.15, -0.1) is 0 Å². The maximum atomic E-state index is 13.4. The Labute approximate surface area is 198 Å². The minimum atomic E-state index is -0.258. The van der Waals surface area contributed by atoms with Gasteiger partial charge in [-0.05, 0) is 67.8 Å². The molecule has 4 aromatic rings. The van der Waals surface area contributed by atoms with Crippen LogP contribution >= 0.6 is 0 Å². The van der Waals surface area contributed by atoms with Gasteiger partial charge in [0.05, 0.1) is 43.2 Å². The van der Waals surface area contributed by atoms with E-state index in [0.29, 0.717) is 0 Å². The summed E-state index contributed by atoms with van der Waals surface area (Å²) in [5, 5.41) is 0. The lowest BCUT2D eigenvalue weighted by Gasteiger charge is -2.11. The fourth-order valence-electron chi connectivity index (χ4n) is 4.21. The number of halogens is 1. The summed E-state index contributed by atoms with van der Waals surface area (Å²) in [6, 6.07) is 12.5. The third kappa shape index (κ3) is 4.79. The van der Waals surface area contributed by atoms with E-state index >= 15 is 0 Å². The molecule has 1 unspecified atom stereocenters. The van der Waals surface area contributed by atoms with Gasteiger partial charge in [0, 0.05) is 24.6 Å². The average molecular weight is 459 g/mol. The van der Waals surface area contributed by atoms with Crippen LogP contribution in [0.1, 0.15) is 29.9 Å². The van der Waals surface area contributed by atoms with E-state index in [4.69, 9.17) is 14.5 Å². The van der Waals surface area contributed by atoms with Gasteiger partial charge in [-0.1, -0.05) is 12.1 Å². The summed E-state index contributed by atoms with van der Waals surface area (Å²) >= 11 is 0. The van der Waals surface area contributed by atoms with Crippen LogP contribution in [-0.4, -0.2) is 38.9 Å². The van der Waals surface area contributed by atoms with Crippen molar-refractivity contribution in [2.24, 2.45) is 0 Å². The molecule has 0 aliphatic carbocycles. The first-order valence-electron chi connectivity index (χ1n) is 11.4. The van der Waals surface area contributed by atoms with E-state index in [9.17, 15) is 4.39 Å². The van der Waals surface area contributed by atoms with Gasteiger partial charge in [0.2, 0.25) is 0 Å². The van der Waals surface area contributed by atoms with Gasteiger partial charge in [0.15, 0.2) is 0 Å². The van der Waals surface area contributed by atoms with Crippen LogP contribution in [0.3, 0.4) is 0 Å². The number of ether oxygens (including phenoxy) is 2. The van der Waals surface area contributed by atoms with E-state index in [1.165, 1.54) is 12.1 Å². The van der Waals surface area contributed by atoms with Crippen molar-refractivity contribution in [1.82, 2.24) is 19.1 Å². The molecule has 1 fully saturated rings. The lowest BCUT2D eigenvalue weighted by Crippen LogP contribution is -2.15. The molecule has 1 atom stereocenters. The summed E-state index contributed by atoms with van der Waals surface area (Å²) in [5.41, 5.74) is 4.55. The Bertz CT molecular complexity index is 1300. The normalized spacial score (nSPS) is 15.9. The van der Waals surface area contributed by atoms with E-state index in [1.54, 1.807) is 25.6 Å². The second kappa shape index (κ2) is 9.65. The van der Waals surface area contributed by atoms with Gasteiger partial charge in [-0.3, -0.25) is 0 Å². The third-order valence-electron chi connectivity index (χ3n) is 5.99. The van der Waals surface area contributed by atoms with E-state index in [2.05, 4.69) is 9.55 Å². The van der Waals surface area contributed by atoms with E-state index in [1.807, 2.05) is 54.2 Å². The van der Waals surface area contributed by atoms with Gasteiger partial charge >= 0.3 is 0 Å². The van der Waals surface area contributed by atoms with Crippen LogP contribution in [-0.2, 0) is 11.3 Å². The summed E-state index contributed by atoms with van der Waals surface area (Å²) in [6.07, 6.45) is 12.1. The maximum Gasteiger partial charge on any atom is 0.143 e. The molecule has 0 bridgehead atoms. The highest BCUT2D eigenvalue weighted by Gasteiger charge is 2.18. The second-order valence-corrected chi connectivity index (χ2v) is 8.47. The number of imidazole rings is 2. The molecule has 0 saturated carbocycles. The molecule has 1 saturated heterocycles. The van der Waals surface area contributed by atoms with Crippen LogP contribution in [0.4, 0.5) is 4.39 Å². The molecule has 2 aromatic carbocycles. The Morgan fingerprint density at radius 1 is 1.15 bits per heavy atom. The van der Waals surface area contributed by atoms with Crippen molar-refractivity contribution in [1.29, 1.82) is 0 Å². The average Bonchev–Trinajstić information content (AvgIpc) is 3.60. The number of rotatable bonds is 7. The predicted molar refractivity (Wildman–Crippen MR) is 130 cm³/mol. The fraction of sp³-hybridized carbons (Fsp3) is 0.259. The van der Waals surface area contributed by atoms with Crippen molar-refractivity contribution < 1.29 is 13.9 Å². The highest BCUT2D eigenvalue weighted by molar-refractivity contribution is 5.71. The first-order valence-corrected chi connectivity index (χ1v) is 11.4. The Balaban J connectivity index is 1.45. The summed E-state index contributed by atoms with van der Waals surface area (Å²) in [6.45, 7) is 3.49. The second-order valence-electron chi connectivity index (χ2n) is 8.47. The quantitative estimate of drug-likeness (QED) is 0.365. The number of methoxy groups -OCH3 is 1. The predicted octanol–water partition coefficient (Wildman–Crippen LogP) is 5.54. The third-order valence-corrected chi connectivity index (χ3v) is 5.99.